The van der Waals surface area contributed by atoms with E-state index in [4.69, 9.17) is 4.74 Å². The van der Waals surface area contributed by atoms with Crippen molar-refractivity contribution in [3.05, 3.63) is 0 Å². The van der Waals surface area contributed by atoms with E-state index in [0.717, 1.165) is 32.1 Å². The molecule has 4 fully saturated rings. The van der Waals surface area contributed by atoms with E-state index < -0.39 is 0 Å². The number of ketones is 1. The minimum atomic E-state index is -0.168. The Hall–Kier alpha value is -0.860. The second-order valence-corrected chi connectivity index (χ2v) is 9.58. The number of hydrogen-bond acceptors (Lipinski definition) is 3. The molecule has 7 unspecified atom stereocenters. The smallest absolute Gasteiger partial charge is 0.302 e. The lowest BCUT2D eigenvalue weighted by atomic mass is 9.45. The van der Waals surface area contributed by atoms with E-state index in [0.29, 0.717) is 29.0 Å². The zero-order valence-electron chi connectivity index (χ0n) is 15.5. The molecule has 0 radical (unpaired) electrons. The van der Waals surface area contributed by atoms with Crippen molar-refractivity contribution >= 4 is 11.8 Å². The van der Waals surface area contributed by atoms with E-state index in [1.54, 1.807) is 0 Å². The summed E-state index contributed by atoms with van der Waals surface area (Å²) in [5.74, 6) is 2.20. The van der Waals surface area contributed by atoms with Crippen molar-refractivity contribution in [3.8, 4) is 0 Å². The Morgan fingerprint density at radius 3 is 2.50 bits per heavy atom. The number of carbonyl (C=O) groups excluding carboxylic acids is 2. The van der Waals surface area contributed by atoms with Crippen LogP contribution in [-0.2, 0) is 14.3 Å². The van der Waals surface area contributed by atoms with E-state index in [9.17, 15) is 9.59 Å². The third kappa shape index (κ3) is 2.22. The molecule has 7 atom stereocenters. The lowest BCUT2D eigenvalue weighted by molar-refractivity contribution is -0.166. The Morgan fingerprint density at radius 1 is 1.00 bits per heavy atom. The number of fused-ring (bicyclic) bond motifs is 5. The third-order valence-electron chi connectivity index (χ3n) is 8.61. The molecular formula is C21H32O3. The summed E-state index contributed by atoms with van der Waals surface area (Å²) in [6.07, 6.45) is 10.3. The molecule has 0 aromatic rings. The number of Topliss-reactive ketones (excluding diaryl/α,β-unsaturated/α-hetero) is 1. The summed E-state index contributed by atoms with van der Waals surface area (Å²) in [6.45, 7) is 6.29. The first-order chi connectivity index (χ1) is 11.4. The van der Waals surface area contributed by atoms with Gasteiger partial charge in [-0.25, -0.2) is 0 Å². The predicted molar refractivity (Wildman–Crippen MR) is 92.3 cm³/mol. The van der Waals surface area contributed by atoms with E-state index >= 15 is 0 Å². The molecule has 3 heteroatoms. The van der Waals surface area contributed by atoms with Crippen LogP contribution >= 0.6 is 0 Å². The van der Waals surface area contributed by atoms with E-state index in [1.165, 1.54) is 32.6 Å². The SMILES string of the molecule is CC(=O)OC1CCC2C3C(=O)CC4CCCCC4(C)C3CCC12C. The molecule has 134 valence electrons. The molecule has 0 aromatic carbocycles. The molecule has 0 N–H and O–H groups in total. The van der Waals surface area contributed by atoms with Gasteiger partial charge in [-0.3, -0.25) is 9.59 Å². The number of ether oxygens (including phenoxy) is 1. The van der Waals surface area contributed by atoms with Gasteiger partial charge in [0.2, 0.25) is 0 Å². The van der Waals surface area contributed by atoms with Crippen molar-refractivity contribution in [3.63, 3.8) is 0 Å². The Bertz CT molecular complexity index is 555. The molecule has 0 saturated heterocycles. The summed E-state index contributed by atoms with van der Waals surface area (Å²) in [5.41, 5.74) is 0.387. The van der Waals surface area contributed by atoms with Gasteiger partial charge in [-0.05, 0) is 61.7 Å². The average molecular weight is 332 g/mol. The summed E-state index contributed by atoms with van der Waals surface area (Å²) in [7, 11) is 0. The summed E-state index contributed by atoms with van der Waals surface area (Å²) >= 11 is 0. The van der Waals surface area contributed by atoms with Crippen LogP contribution in [0, 0.1) is 34.5 Å². The van der Waals surface area contributed by atoms with Crippen LogP contribution in [0.2, 0.25) is 0 Å². The van der Waals surface area contributed by atoms with E-state index in [-0.39, 0.29) is 23.4 Å². The molecule has 0 bridgehead atoms. The molecule has 4 saturated carbocycles. The molecule has 0 heterocycles. The molecule has 4 rings (SSSR count). The summed E-state index contributed by atoms with van der Waals surface area (Å²) in [5, 5.41) is 0. The number of rotatable bonds is 1. The van der Waals surface area contributed by atoms with Gasteiger partial charge in [-0.2, -0.15) is 0 Å². The minimum absolute atomic E-state index is 0.0142. The van der Waals surface area contributed by atoms with Crippen molar-refractivity contribution in [1.82, 2.24) is 0 Å². The first-order valence-corrected chi connectivity index (χ1v) is 10.1. The van der Waals surface area contributed by atoms with Crippen molar-refractivity contribution in [2.24, 2.45) is 34.5 Å². The number of carbonyl (C=O) groups is 2. The quantitative estimate of drug-likeness (QED) is 0.663. The Morgan fingerprint density at radius 2 is 1.75 bits per heavy atom. The monoisotopic (exact) mass is 332 g/mol. The fourth-order valence-electron chi connectivity index (χ4n) is 7.31. The highest BCUT2D eigenvalue weighted by Gasteiger charge is 2.62. The van der Waals surface area contributed by atoms with Crippen molar-refractivity contribution in [2.75, 3.05) is 0 Å². The molecule has 0 aliphatic heterocycles. The molecule has 3 nitrogen and oxygen atoms in total. The lowest BCUT2D eigenvalue weighted by Gasteiger charge is -2.59. The fraction of sp³-hybridized carbons (Fsp3) is 0.905. The molecule has 4 aliphatic rings. The van der Waals surface area contributed by atoms with Crippen LogP contribution in [0.25, 0.3) is 0 Å². The topological polar surface area (TPSA) is 43.4 Å². The van der Waals surface area contributed by atoms with Crippen molar-refractivity contribution < 1.29 is 14.3 Å². The molecular weight excluding hydrogens is 300 g/mol. The van der Waals surface area contributed by atoms with Gasteiger partial charge in [0.15, 0.2) is 0 Å². The van der Waals surface area contributed by atoms with Gasteiger partial charge in [0.05, 0.1) is 0 Å². The van der Waals surface area contributed by atoms with Gasteiger partial charge >= 0.3 is 5.97 Å². The van der Waals surface area contributed by atoms with Gasteiger partial charge in [0.25, 0.3) is 0 Å². The molecule has 24 heavy (non-hydrogen) atoms. The third-order valence-corrected chi connectivity index (χ3v) is 8.61. The normalized spacial score (nSPS) is 50.6. The van der Waals surface area contributed by atoms with Gasteiger partial charge in [0.1, 0.15) is 11.9 Å². The van der Waals surface area contributed by atoms with Gasteiger partial charge < -0.3 is 4.74 Å². The highest BCUT2D eigenvalue weighted by atomic mass is 16.5. The van der Waals surface area contributed by atoms with Crippen LogP contribution in [0.15, 0.2) is 0 Å². The van der Waals surface area contributed by atoms with E-state index in [2.05, 4.69) is 13.8 Å². The molecule has 0 amide bonds. The highest BCUT2D eigenvalue weighted by Crippen LogP contribution is 2.65. The second kappa shape index (κ2) is 5.57. The standard InChI is InChI=1S/C21H32O3/c1-13(22)24-18-8-7-15-19-16(9-11-21(15,18)3)20(2)10-5-4-6-14(20)12-17(19)23/h14-16,18-19H,4-12H2,1-3H3. The summed E-state index contributed by atoms with van der Waals surface area (Å²) in [6, 6.07) is 0. The van der Waals surface area contributed by atoms with Crippen molar-refractivity contribution in [2.45, 2.75) is 84.7 Å². The predicted octanol–water partition coefficient (Wildman–Crippen LogP) is 4.53. The number of hydrogen-bond donors (Lipinski definition) is 0. The average Bonchev–Trinajstić information content (AvgIpc) is 2.84. The van der Waals surface area contributed by atoms with Gasteiger partial charge in [-0.1, -0.05) is 26.7 Å². The molecule has 4 aliphatic carbocycles. The second-order valence-electron chi connectivity index (χ2n) is 9.58. The maximum Gasteiger partial charge on any atom is 0.302 e. The Balaban J connectivity index is 1.64. The fourth-order valence-corrected chi connectivity index (χ4v) is 7.31. The minimum Gasteiger partial charge on any atom is -0.462 e. The Kier molecular flexibility index (Phi) is 3.85. The van der Waals surface area contributed by atoms with Crippen LogP contribution in [-0.4, -0.2) is 17.9 Å². The van der Waals surface area contributed by atoms with Crippen molar-refractivity contribution in [1.29, 1.82) is 0 Å². The number of esters is 1. The van der Waals surface area contributed by atoms with E-state index in [1.807, 2.05) is 0 Å². The van der Waals surface area contributed by atoms with Gasteiger partial charge in [0, 0.05) is 24.7 Å². The highest BCUT2D eigenvalue weighted by molar-refractivity contribution is 5.83. The Labute approximate surface area is 145 Å². The molecule has 0 aromatic heterocycles. The maximum atomic E-state index is 13.1. The zero-order chi connectivity index (χ0) is 17.1. The maximum absolute atomic E-state index is 13.1. The lowest BCUT2D eigenvalue weighted by Crippen LogP contribution is -2.56. The summed E-state index contributed by atoms with van der Waals surface area (Å²) < 4.78 is 5.68. The largest absolute Gasteiger partial charge is 0.462 e. The summed E-state index contributed by atoms with van der Waals surface area (Å²) in [4.78, 5) is 24.6. The van der Waals surface area contributed by atoms with Crippen LogP contribution in [0.4, 0.5) is 0 Å². The van der Waals surface area contributed by atoms with Crippen LogP contribution in [0.5, 0.6) is 0 Å². The van der Waals surface area contributed by atoms with Crippen LogP contribution in [0.3, 0.4) is 0 Å². The van der Waals surface area contributed by atoms with Gasteiger partial charge in [-0.15, -0.1) is 0 Å². The van der Waals surface area contributed by atoms with Crippen LogP contribution in [0.1, 0.15) is 78.6 Å². The zero-order valence-corrected chi connectivity index (χ0v) is 15.5. The first-order valence-electron chi connectivity index (χ1n) is 10.1. The van der Waals surface area contributed by atoms with Crippen LogP contribution < -0.4 is 0 Å². The first kappa shape index (κ1) is 16.6. The molecule has 0 spiro atoms.